The van der Waals surface area contributed by atoms with Gasteiger partial charge >= 0.3 is 0 Å². The van der Waals surface area contributed by atoms with Gasteiger partial charge in [0.25, 0.3) is 5.91 Å². The SMILES string of the molecule is C[C@@H](CO)NC(=O)c1cnn2c(O)cc(-c3ccccc3)nc12. The molecule has 2 heterocycles. The molecule has 0 aliphatic rings. The van der Waals surface area contributed by atoms with Crippen molar-refractivity contribution in [1.29, 1.82) is 0 Å². The summed E-state index contributed by atoms with van der Waals surface area (Å²) in [5, 5.41) is 25.8. The van der Waals surface area contributed by atoms with E-state index in [0.717, 1.165) is 5.56 Å². The van der Waals surface area contributed by atoms with Gasteiger partial charge in [0, 0.05) is 17.7 Å². The Hall–Kier alpha value is -2.93. The summed E-state index contributed by atoms with van der Waals surface area (Å²) < 4.78 is 1.20. The Bertz CT molecular complexity index is 845. The Morgan fingerprint density at radius 3 is 2.78 bits per heavy atom. The molecule has 0 saturated heterocycles. The molecule has 0 unspecified atom stereocenters. The van der Waals surface area contributed by atoms with E-state index in [2.05, 4.69) is 15.4 Å². The summed E-state index contributed by atoms with van der Waals surface area (Å²) in [6, 6.07) is 10.5. The Labute approximate surface area is 132 Å². The third-order valence-electron chi connectivity index (χ3n) is 3.42. The fraction of sp³-hybridized carbons (Fsp3) is 0.188. The van der Waals surface area contributed by atoms with E-state index < -0.39 is 5.91 Å². The lowest BCUT2D eigenvalue weighted by Gasteiger charge is -2.10. The molecule has 1 amide bonds. The highest BCUT2D eigenvalue weighted by atomic mass is 16.3. The van der Waals surface area contributed by atoms with Crippen LogP contribution < -0.4 is 5.32 Å². The summed E-state index contributed by atoms with van der Waals surface area (Å²) in [5.74, 6) is -0.512. The molecular weight excluding hydrogens is 296 g/mol. The van der Waals surface area contributed by atoms with Crippen LogP contribution in [0.2, 0.25) is 0 Å². The number of aliphatic hydroxyl groups is 1. The van der Waals surface area contributed by atoms with Crippen LogP contribution in [0.25, 0.3) is 16.9 Å². The van der Waals surface area contributed by atoms with Gasteiger partial charge in [-0.2, -0.15) is 9.61 Å². The summed E-state index contributed by atoms with van der Waals surface area (Å²) in [5.41, 5.74) is 1.85. The van der Waals surface area contributed by atoms with Crippen molar-refractivity contribution in [2.24, 2.45) is 0 Å². The number of benzene rings is 1. The molecule has 23 heavy (non-hydrogen) atoms. The van der Waals surface area contributed by atoms with Crippen LogP contribution in [0.5, 0.6) is 5.88 Å². The second-order valence-electron chi connectivity index (χ2n) is 5.22. The maximum absolute atomic E-state index is 12.3. The van der Waals surface area contributed by atoms with Crippen LogP contribution in [-0.2, 0) is 0 Å². The standard InChI is InChI=1S/C16H16N4O3/c1-10(9-21)18-16(23)12-8-17-20-14(22)7-13(19-15(12)20)11-5-3-2-4-6-11/h2-8,10,21-22H,9H2,1H3,(H,18,23)/t10-/m0/s1. The minimum Gasteiger partial charge on any atom is -0.493 e. The van der Waals surface area contributed by atoms with Gasteiger partial charge in [0.2, 0.25) is 5.88 Å². The molecule has 0 saturated carbocycles. The number of rotatable bonds is 4. The van der Waals surface area contributed by atoms with Gasteiger partial charge in [0.15, 0.2) is 5.65 Å². The largest absolute Gasteiger partial charge is 0.493 e. The first-order chi connectivity index (χ1) is 11.1. The molecule has 118 valence electrons. The molecule has 0 radical (unpaired) electrons. The van der Waals surface area contributed by atoms with E-state index in [1.54, 1.807) is 6.92 Å². The topological polar surface area (TPSA) is 99.8 Å². The lowest BCUT2D eigenvalue weighted by atomic mass is 10.1. The third-order valence-corrected chi connectivity index (χ3v) is 3.42. The van der Waals surface area contributed by atoms with Crippen LogP contribution in [0.3, 0.4) is 0 Å². The van der Waals surface area contributed by atoms with Gasteiger partial charge < -0.3 is 15.5 Å². The molecule has 0 spiro atoms. The van der Waals surface area contributed by atoms with Gasteiger partial charge in [-0.15, -0.1) is 0 Å². The van der Waals surface area contributed by atoms with Crippen LogP contribution in [-0.4, -0.2) is 43.4 Å². The molecular formula is C16H16N4O3. The minimum atomic E-state index is -0.404. The fourth-order valence-corrected chi connectivity index (χ4v) is 2.21. The number of hydrogen-bond acceptors (Lipinski definition) is 5. The number of amides is 1. The van der Waals surface area contributed by atoms with Gasteiger partial charge in [-0.05, 0) is 6.92 Å². The second kappa shape index (κ2) is 6.05. The lowest BCUT2D eigenvalue weighted by molar-refractivity contribution is 0.0924. The van der Waals surface area contributed by atoms with Gasteiger partial charge in [-0.3, -0.25) is 4.79 Å². The van der Waals surface area contributed by atoms with Crippen LogP contribution in [0.1, 0.15) is 17.3 Å². The van der Waals surface area contributed by atoms with Crippen LogP contribution in [0.4, 0.5) is 0 Å². The minimum absolute atomic E-state index is 0.108. The smallest absolute Gasteiger partial charge is 0.257 e. The molecule has 2 aromatic heterocycles. The Balaban J connectivity index is 2.08. The van der Waals surface area contributed by atoms with Crippen molar-refractivity contribution in [2.45, 2.75) is 13.0 Å². The molecule has 0 fully saturated rings. The average Bonchev–Trinajstić information content (AvgIpc) is 3.00. The number of aliphatic hydroxyl groups excluding tert-OH is 1. The van der Waals surface area contributed by atoms with E-state index >= 15 is 0 Å². The first kappa shape index (κ1) is 15.0. The van der Waals surface area contributed by atoms with E-state index in [1.165, 1.54) is 16.8 Å². The maximum atomic E-state index is 12.3. The molecule has 0 aliphatic carbocycles. The molecule has 3 N–H and O–H groups in total. The molecule has 7 heteroatoms. The third kappa shape index (κ3) is 2.86. The van der Waals surface area contributed by atoms with Crippen molar-refractivity contribution in [3.63, 3.8) is 0 Å². The Morgan fingerprint density at radius 1 is 1.35 bits per heavy atom. The quantitative estimate of drug-likeness (QED) is 0.672. The molecule has 0 bridgehead atoms. The molecule has 0 aliphatic heterocycles. The number of carbonyl (C=O) groups excluding carboxylic acids is 1. The molecule has 7 nitrogen and oxygen atoms in total. The predicted molar refractivity (Wildman–Crippen MR) is 84.1 cm³/mol. The Kier molecular flexibility index (Phi) is 3.94. The number of nitrogens with zero attached hydrogens (tertiary/aromatic N) is 3. The molecule has 3 aromatic rings. The van der Waals surface area contributed by atoms with Crippen LogP contribution in [0.15, 0.2) is 42.6 Å². The highest BCUT2D eigenvalue weighted by Crippen LogP contribution is 2.24. The zero-order chi connectivity index (χ0) is 16.4. The molecule has 1 atom stereocenters. The number of carbonyl (C=O) groups is 1. The van der Waals surface area contributed by atoms with E-state index in [-0.39, 0.29) is 29.7 Å². The zero-order valence-corrected chi connectivity index (χ0v) is 12.5. The van der Waals surface area contributed by atoms with E-state index in [9.17, 15) is 9.90 Å². The van der Waals surface area contributed by atoms with Crippen molar-refractivity contribution in [1.82, 2.24) is 19.9 Å². The van der Waals surface area contributed by atoms with Gasteiger partial charge in [-0.25, -0.2) is 4.98 Å². The van der Waals surface area contributed by atoms with Crippen molar-refractivity contribution >= 4 is 11.6 Å². The van der Waals surface area contributed by atoms with Crippen molar-refractivity contribution in [2.75, 3.05) is 6.61 Å². The summed E-state index contributed by atoms with van der Waals surface area (Å²) in [7, 11) is 0. The van der Waals surface area contributed by atoms with E-state index in [4.69, 9.17) is 5.11 Å². The summed E-state index contributed by atoms with van der Waals surface area (Å²) >= 11 is 0. The number of aromatic nitrogens is 3. The molecule has 1 aromatic carbocycles. The number of hydrogen-bond donors (Lipinski definition) is 3. The van der Waals surface area contributed by atoms with Crippen molar-refractivity contribution in [3.8, 4) is 17.1 Å². The highest BCUT2D eigenvalue weighted by molar-refractivity contribution is 6.00. The van der Waals surface area contributed by atoms with Crippen LogP contribution in [0, 0.1) is 0 Å². The average molecular weight is 312 g/mol. The first-order valence-corrected chi connectivity index (χ1v) is 7.15. The maximum Gasteiger partial charge on any atom is 0.257 e. The molecule has 3 rings (SSSR count). The summed E-state index contributed by atoms with van der Waals surface area (Å²) in [6.07, 6.45) is 1.34. The van der Waals surface area contributed by atoms with Gasteiger partial charge in [0.05, 0.1) is 18.5 Å². The highest BCUT2D eigenvalue weighted by Gasteiger charge is 2.18. The normalized spacial score (nSPS) is 12.3. The summed E-state index contributed by atoms with van der Waals surface area (Å²) in [4.78, 5) is 16.7. The number of aromatic hydroxyl groups is 1. The summed E-state index contributed by atoms with van der Waals surface area (Å²) in [6.45, 7) is 1.52. The predicted octanol–water partition coefficient (Wildman–Crippen LogP) is 1.21. The van der Waals surface area contributed by atoms with Crippen molar-refractivity contribution in [3.05, 3.63) is 48.2 Å². The second-order valence-corrected chi connectivity index (χ2v) is 5.22. The monoisotopic (exact) mass is 312 g/mol. The van der Waals surface area contributed by atoms with Gasteiger partial charge in [0.1, 0.15) is 5.56 Å². The number of nitrogens with one attached hydrogen (secondary N) is 1. The Morgan fingerprint density at radius 2 is 2.09 bits per heavy atom. The van der Waals surface area contributed by atoms with Gasteiger partial charge in [-0.1, -0.05) is 30.3 Å². The zero-order valence-electron chi connectivity index (χ0n) is 12.5. The fourth-order valence-electron chi connectivity index (χ4n) is 2.21. The van der Waals surface area contributed by atoms with E-state index in [0.29, 0.717) is 5.69 Å². The first-order valence-electron chi connectivity index (χ1n) is 7.15. The number of fused-ring (bicyclic) bond motifs is 1. The van der Waals surface area contributed by atoms with E-state index in [1.807, 2.05) is 30.3 Å². The van der Waals surface area contributed by atoms with Crippen LogP contribution >= 0.6 is 0 Å². The van der Waals surface area contributed by atoms with Crippen molar-refractivity contribution < 1.29 is 15.0 Å². The lowest BCUT2D eigenvalue weighted by Crippen LogP contribution is -2.35.